The summed E-state index contributed by atoms with van der Waals surface area (Å²) in [5.41, 5.74) is 2.87. The third-order valence-corrected chi connectivity index (χ3v) is 2.95. The Morgan fingerprint density at radius 2 is 1.74 bits per heavy atom. The molecule has 19 heavy (non-hydrogen) atoms. The van der Waals surface area contributed by atoms with Gasteiger partial charge in [-0.2, -0.15) is 0 Å². The number of nitrogens with one attached hydrogen (secondary N) is 2. The van der Waals surface area contributed by atoms with Crippen LogP contribution < -0.4 is 10.6 Å². The molecule has 2 amide bonds. The van der Waals surface area contributed by atoms with Gasteiger partial charge in [0.15, 0.2) is 0 Å². The Bertz CT molecular complexity index is 435. The highest BCUT2D eigenvalue weighted by Gasteiger charge is 2.08. The van der Waals surface area contributed by atoms with Gasteiger partial charge in [0.1, 0.15) is 0 Å². The lowest BCUT2D eigenvalue weighted by molar-refractivity contribution is -0.124. The molecule has 0 fully saturated rings. The number of hydrogen-bond acceptors (Lipinski definition) is 2. The third-order valence-electron chi connectivity index (χ3n) is 2.95. The van der Waals surface area contributed by atoms with Crippen molar-refractivity contribution in [1.29, 1.82) is 0 Å². The van der Waals surface area contributed by atoms with E-state index in [9.17, 15) is 9.59 Å². The molecule has 0 aromatic heterocycles. The van der Waals surface area contributed by atoms with Gasteiger partial charge in [0.05, 0.1) is 6.54 Å². The number of amides is 2. The maximum atomic E-state index is 11.8. The van der Waals surface area contributed by atoms with Crippen molar-refractivity contribution in [2.75, 3.05) is 11.9 Å². The zero-order chi connectivity index (χ0) is 14.3. The first kappa shape index (κ1) is 15.2. The first-order chi connectivity index (χ1) is 9.04. The molecule has 104 valence electrons. The quantitative estimate of drug-likeness (QED) is 0.827. The van der Waals surface area contributed by atoms with Crippen LogP contribution in [-0.4, -0.2) is 18.4 Å². The van der Waals surface area contributed by atoms with Crippen molar-refractivity contribution >= 4 is 17.5 Å². The van der Waals surface area contributed by atoms with E-state index in [1.165, 1.54) is 0 Å². The van der Waals surface area contributed by atoms with Crippen molar-refractivity contribution in [2.45, 2.75) is 40.0 Å². The molecular weight excluding hydrogens is 240 g/mol. The van der Waals surface area contributed by atoms with Crippen LogP contribution in [0.1, 0.15) is 37.3 Å². The van der Waals surface area contributed by atoms with E-state index in [4.69, 9.17) is 0 Å². The van der Waals surface area contributed by atoms with E-state index in [1.807, 2.05) is 39.0 Å². The van der Waals surface area contributed by atoms with Crippen LogP contribution in [-0.2, 0) is 9.59 Å². The van der Waals surface area contributed by atoms with Gasteiger partial charge in [-0.25, -0.2) is 0 Å². The van der Waals surface area contributed by atoms with Gasteiger partial charge in [-0.05, 0) is 31.4 Å². The van der Waals surface area contributed by atoms with E-state index in [0.29, 0.717) is 6.42 Å². The maximum Gasteiger partial charge on any atom is 0.243 e. The Hall–Kier alpha value is -1.84. The summed E-state index contributed by atoms with van der Waals surface area (Å²) in [7, 11) is 0. The number of carbonyl (C=O) groups excluding carboxylic acids is 2. The number of unbranched alkanes of at least 4 members (excludes halogenated alkanes) is 1. The number of para-hydroxylation sites is 1. The van der Waals surface area contributed by atoms with Crippen molar-refractivity contribution in [3.8, 4) is 0 Å². The Balaban J connectivity index is 2.45. The van der Waals surface area contributed by atoms with E-state index in [0.717, 1.165) is 29.7 Å². The van der Waals surface area contributed by atoms with Crippen molar-refractivity contribution < 1.29 is 9.59 Å². The molecule has 0 saturated heterocycles. The summed E-state index contributed by atoms with van der Waals surface area (Å²) in [5.74, 6) is -0.263. The number of anilines is 1. The highest BCUT2D eigenvalue weighted by atomic mass is 16.2. The minimum Gasteiger partial charge on any atom is -0.347 e. The predicted molar refractivity (Wildman–Crippen MR) is 77.1 cm³/mol. The van der Waals surface area contributed by atoms with Crippen molar-refractivity contribution in [3.05, 3.63) is 29.3 Å². The molecule has 0 bridgehead atoms. The SMILES string of the molecule is CCCCC(=O)NCC(=O)Nc1c(C)cccc1C. The van der Waals surface area contributed by atoms with Gasteiger partial charge in [0.25, 0.3) is 0 Å². The van der Waals surface area contributed by atoms with Crippen LogP contribution in [0, 0.1) is 13.8 Å². The summed E-state index contributed by atoms with van der Waals surface area (Å²) in [6.07, 6.45) is 2.31. The molecule has 4 nitrogen and oxygen atoms in total. The molecule has 0 heterocycles. The molecule has 0 aliphatic rings. The fourth-order valence-electron chi connectivity index (χ4n) is 1.80. The Morgan fingerprint density at radius 3 is 2.32 bits per heavy atom. The summed E-state index contributed by atoms with van der Waals surface area (Å²) in [5, 5.41) is 5.46. The minimum atomic E-state index is -0.192. The molecular formula is C15H22N2O2. The highest BCUT2D eigenvalue weighted by Crippen LogP contribution is 2.18. The van der Waals surface area contributed by atoms with Gasteiger partial charge in [0, 0.05) is 12.1 Å². The average Bonchev–Trinajstić information content (AvgIpc) is 2.38. The van der Waals surface area contributed by atoms with Crippen LogP contribution in [0.4, 0.5) is 5.69 Å². The third kappa shape index (κ3) is 5.12. The molecule has 1 aromatic carbocycles. The van der Waals surface area contributed by atoms with Crippen molar-refractivity contribution in [2.24, 2.45) is 0 Å². The lowest BCUT2D eigenvalue weighted by atomic mass is 10.1. The smallest absolute Gasteiger partial charge is 0.243 e. The number of rotatable bonds is 6. The molecule has 0 aliphatic carbocycles. The maximum absolute atomic E-state index is 11.8. The number of hydrogen-bond donors (Lipinski definition) is 2. The van der Waals surface area contributed by atoms with Crippen LogP contribution in [0.15, 0.2) is 18.2 Å². The van der Waals surface area contributed by atoms with Crippen molar-refractivity contribution in [1.82, 2.24) is 5.32 Å². The zero-order valence-electron chi connectivity index (χ0n) is 11.9. The molecule has 1 rings (SSSR count). The van der Waals surface area contributed by atoms with Gasteiger partial charge in [-0.3, -0.25) is 9.59 Å². The first-order valence-electron chi connectivity index (χ1n) is 6.67. The van der Waals surface area contributed by atoms with Crippen LogP contribution in [0.3, 0.4) is 0 Å². The fourth-order valence-corrected chi connectivity index (χ4v) is 1.80. The Labute approximate surface area is 114 Å². The van der Waals surface area contributed by atoms with Gasteiger partial charge >= 0.3 is 0 Å². The van der Waals surface area contributed by atoms with E-state index in [-0.39, 0.29) is 18.4 Å². The van der Waals surface area contributed by atoms with Crippen LogP contribution in [0.25, 0.3) is 0 Å². The average molecular weight is 262 g/mol. The van der Waals surface area contributed by atoms with Crippen LogP contribution in [0.2, 0.25) is 0 Å². The van der Waals surface area contributed by atoms with Crippen LogP contribution >= 0.6 is 0 Å². The van der Waals surface area contributed by atoms with Gasteiger partial charge < -0.3 is 10.6 Å². The molecule has 2 N–H and O–H groups in total. The Morgan fingerprint density at radius 1 is 1.11 bits per heavy atom. The lowest BCUT2D eigenvalue weighted by Gasteiger charge is -2.11. The van der Waals surface area contributed by atoms with E-state index >= 15 is 0 Å². The number of benzene rings is 1. The topological polar surface area (TPSA) is 58.2 Å². The second kappa shape index (κ2) is 7.56. The molecule has 0 unspecified atom stereocenters. The standard InChI is InChI=1S/C15H22N2O2/c1-4-5-9-13(18)16-10-14(19)17-15-11(2)7-6-8-12(15)3/h6-8H,4-5,9-10H2,1-3H3,(H,16,18)(H,17,19). The molecule has 0 saturated carbocycles. The normalized spacial score (nSPS) is 10.1. The zero-order valence-corrected chi connectivity index (χ0v) is 11.9. The summed E-state index contributed by atoms with van der Waals surface area (Å²) in [6, 6.07) is 5.84. The number of carbonyl (C=O) groups is 2. The van der Waals surface area contributed by atoms with Gasteiger partial charge in [0.2, 0.25) is 11.8 Å². The first-order valence-corrected chi connectivity index (χ1v) is 6.67. The summed E-state index contributed by atoms with van der Waals surface area (Å²) < 4.78 is 0. The highest BCUT2D eigenvalue weighted by molar-refractivity contribution is 5.95. The summed E-state index contributed by atoms with van der Waals surface area (Å²) in [6.45, 7) is 5.95. The minimum absolute atomic E-state index is 0.0241. The monoisotopic (exact) mass is 262 g/mol. The number of aryl methyl sites for hydroxylation is 2. The molecule has 1 aromatic rings. The summed E-state index contributed by atoms with van der Waals surface area (Å²) >= 11 is 0. The second-order valence-electron chi connectivity index (χ2n) is 4.70. The predicted octanol–water partition coefficient (Wildman–Crippen LogP) is 2.55. The van der Waals surface area contributed by atoms with E-state index in [2.05, 4.69) is 10.6 Å². The summed E-state index contributed by atoms with van der Waals surface area (Å²) in [4.78, 5) is 23.2. The van der Waals surface area contributed by atoms with Crippen molar-refractivity contribution in [3.63, 3.8) is 0 Å². The molecule has 0 spiro atoms. The Kier molecular flexibility index (Phi) is 6.06. The molecule has 0 aliphatic heterocycles. The second-order valence-corrected chi connectivity index (χ2v) is 4.70. The molecule has 4 heteroatoms. The lowest BCUT2D eigenvalue weighted by Crippen LogP contribution is -2.32. The van der Waals surface area contributed by atoms with Gasteiger partial charge in [-0.1, -0.05) is 31.5 Å². The van der Waals surface area contributed by atoms with Crippen LogP contribution in [0.5, 0.6) is 0 Å². The molecule has 0 atom stereocenters. The van der Waals surface area contributed by atoms with E-state index in [1.54, 1.807) is 0 Å². The fraction of sp³-hybridized carbons (Fsp3) is 0.467. The van der Waals surface area contributed by atoms with Gasteiger partial charge in [-0.15, -0.1) is 0 Å². The van der Waals surface area contributed by atoms with E-state index < -0.39 is 0 Å². The molecule has 0 radical (unpaired) electrons. The largest absolute Gasteiger partial charge is 0.347 e.